The van der Waals surface area contributed by atoms with Crippen LogP contribution in [0.3, 0.4) is 0 Å². The molecule has 0 fully saturated rings. The van der Waals surface area contributed by atoms with Gasteiger partial charge in [0.05, 0.1) is 39.1 Å². The Morgan fingerprint density at radius 2 is 1.71 bits per heavy atom. The third kappa shape index (κ3) is 4.89. The molecule has 1 heterocycles. The topological polar surface area (TPSA) is 74.6 Å². The first-order valence-corrected chi connectivity index (χ1v) is 10.2. The fourth-order valence-corrected chi connectivity index (χ4v) is 3.73. The van der Waals surface area contributed by atoms with Crippen molar-refractivity contribution in [2.45, 2.75) is 20.0 Å². The highest BCUT2D eigenvalue weighted by Gasteiger charge is 2.21. The molecule has 3 rings (SSSR count). The first kappa shape index (κ1) is 22.8. The highest BCUT2D eigenvalue weighted by Crippen LogP contribution is 2.38. The minimum Gasteiger partial charge on any atom is -0.493 e. The van der Waals surface area contributed by atoms with Gasteiger partial charge in [0.25, 0.3) is 5.91 Å². The van der Waals surface area contributed by atoms with Crippen molar-refractivity contribution in [1.29, 1.82) is 0 Å². The summed E-state index contributed by atoms with van der Waals surface area (Å²) in [6.45, 7) is 2.34. The van der Waals surface area contributed by atoms with E-state index in [9.17, 15) is 4.79 Å². The van der Waals surface area contributed by atoms with Crippen molar-refractivity contribution in [2.24, 2.45) is 0 Å². The summed E-state index contributed by atoms with van der Waals surface area (Å²) in [6.07, 6.45) is 0. The molecule has 31 heavy (non-hydrogen) atoms. The number of amides is 1. The molecule has 2 aromatic carbocycles. The zero-order chi connectivity index (χ0) is 22.5. The number of benzene rings is 2. The first-order chi connectivity index (χ1) is 14.9. The maximum atomic E-state index is 12.9. The van der Waals surface area contributed by atoms with Gasteiger partial charge in [0.1, 0.15) is 5.15 Å². The Labute approximate surface area is 190 Å². The largest absolute Gasteiger partial charge is 0.493 e. The minimum absolute atomic E-state index is 0.237. The van der Waals surface area contributed by atoms with Crippen molar-refractivity contribution in [2.75, 3.05) is 21.3 Å². The van der Waals surface area contributed by atoms with E-state index in [0.717, 1.165) is 11.1 Å². The molecular formula is C22H23Cl2N3O4. The molecular weight excluding hydrogens is 441 g/mol. The van der Waals surface area contributed by atoms with Gasteiger partial charge in [0, 0.05) is 11.6 Å². The summed E-state index contributed by atoms with van der Waals surface area (Å²) >= 11 is 12.7. The molecule has 1 aromatic heterocycles. The smallest absolute Gasteiger partial charge is 0.256 e. The van der Waals surface area contributed by atoms with E-state index < -0.39 is 0 Å². The third-order valence-corrected chi connectivity index (χ3v) is 5.50. The first-order valence-electron chi connectivity index (χ1n) is 9.43. The maximum absolute atomic E-state index is 12.9. The molecule has 0 aliphatic carbocycles. The Morgan fingerprint density at radius 3 is 2.29 bits per heavy atom. The minimum atomic E-state index is -0.332. The van der Waals surface area contributed by atoms with E-state index in [1.807, 2.05) is 18.2 Å². The Hall–Kier alpha value is -2.90. The molecule has 0 aliphatic heterocycles. The van der Waals surface area contributed by atoms with Gasteiger partial charge in [-0.3, -0.25) is 4.79 Å². The average molecular weight is 464 g/mol. The normalized spacial score (nSPS) is 10.6. The van der Waals surface area contributed by atoms with Crippen molar-refractivity contribution in [1.82, 2.24) is 15.1 Å². The number of aromatic nitrogens is 2. The van der Waals surface area contributed by atoms with Crippen LogP contribution in [0, 0.1) is 6.92 Å². The number of rotatable bonds is 8. The van der Waals surface area contributed by atoms with Crippen LogP contribution in [0.2, 0.25) is 10.2 Å². The Balaban J connectivity index is 1.79. The zero-order valence-electron chi connectivity index (χ0n) is 17.7. The highest BCUT2D eigenvalue weighted by atomic mass is 35.5. The van der Waals surface area contributed by atoms with Crippen LogP contribution in [-0.2, 0) is 13.1 Å². The standard InChI is InChI=1S/C22H23Cl2N3O4/c1-13-19(21(24)27(26-13)12-15-7-5-6-8-16(15)23)22(28)25-11-14-9-17(29-2)20(31-4)18(10-14)30-3/h5-10H,11-12H2,1-4H3,(H,25,28). The van der Waals surface area contributed by atoms with E-state index >= 15 is 0 Å². The molecule has 164 valence electrons. The highest BCUT2D eigenvalue weighted by molar-refractivity contribution is 6.33. The van der Waals surface area contributed by atoms with E-state index in [0.29, 0.717) is 40.1 Å². The van der Waals surface area contributed by atoms with E-state index in [-0.39, 0.29) is 17.6 Å². The van der Waals surface area contributed by atoms with Gasteiger partial charge < -0.3 is 19.5 Å². The predicted octanol–water partition coefficient (Wildman–Crippen LogP) is 4.50. The fraction of sp³-hybridized carbons (Fsp3) is 0.273. The summed E-state index contributed by atoms with van der Waals surface area (Å²) < 4.78 is 17.6. The number of carbonyl (C=O) groups is 1. The number of hydrogen-bond acceptors (Lipinski definition) is 5. The second-order valence-electron chi connectivity index (χ2n) is 6.72. The van der Waals surface area contributed by atoms with Gasteiger partial charge in [-0.1, -0.05) is 41.4 Å². The molecule has 0 atom stereocenters. The quantitative estimate of drug-likeness (QED) is 0.532. The molecule has 1 N–H and O–H groups in total. The van der Waals surface area contributed by atoms with Crippen molar-refractivity contribution >= 4 is 29.1 Å². The average Bonchev–Trinajstić information content (AvgIpc) is 3.05. The van der Waals surface area contributed by atoms with Crippen LogP contribution < -0.4 is 19.5 Å². The van der Waals surface area contributed by atoms with Crippen LogP contribution in [-0.4, -0.2) is 37.0 Å². The number of ether oxygens (including phenoxy) is 3. The molecule has 1 amide bonds. The number of nitrogens with zero attached hydrogens (tertiary/aromatic N) is 2. The van der Waals surface area contributed by atoms with Crippen LogP contribution in [0.5, 0.6) is 17.2 Å². The SMILES string of the molecule is COc1cc(CNC(=O)c2c(C)nn(Cc3ccccc3Cl)c2Cl)cc(OC)c1OC. The van der Waals surface area contributed by atoms with Crippen LogP contribution in [0.1, 0.15) is 27.2 Å². The van der Waals surface area contributed by atoms with E-state index in [1.54, 1.807) is 29.8 Å². The number of nitrogens with one attached hydrogen (secondary N) is 1. The summed E-state index contributed by atoms with van der Waals surface area (Å²) in [6, 6.07) is 11.0. The van der Waals surface area contributed by atoms with Crippen LogP contribution in [0.25, 0.3) is 0 Å². The Kier molecular flexibility index (Phi) is 7.30. The molecule has 7 nitrogen and oxygen atoms in total. The monoisotopic (exact) mass is 463 g/mol. The second-order valence-corrected chi connectivity index (χ2v) is 7.48. The second kappa shape index (κ2) is 9.94. The Morgan fingerprint density at radius 1 is 1.06 bits per heavy atom. The number of methoxy groups -OCH3 is 3. The summed E-state index contributed by atoms with van der Waals surface area (Å²) in [4.78, 5) is 12.9. The van der Waals surface area contributed by atoms with Gasteiger partial charge in [-0.15, -0.1) is 0 Å². The molecule has 3 aromatic rings. The van der Waals surface area contributed by atoms with Gasteiger partial charge in [0.15, 0.2) is 11.5 Å². The van der Waals surface area contributed by atoms with Crippen molar-refractivity contribution in [3.05, 3.63) is 69.0 Å². The van der Waals surface area contributed by atoms with Gasteiger partial charge in [-0.25, -0.2) is 4.68 Å². The fourth-order valence-electron chi connectivity index (χ4n) is 3.21. The number of carbonyl (C=O) groups excluding carboxylic acids is 1. The van der Waals surface area contributed by atoms with E-state index in [4.69, 9.17) is 37.4 Å². The molecule has 0 aliphatic rings. The van der Waals surface area contributed by atoms with Gasteiger partial charge >= 0.3 is 0 Å². The van der Waals surface area contributed by atoms with Gasteiger partial charge in [0.2, 0.25) is 5.75 Å². The Bertz CT molecular complexity index is 1070. The molecule has 9 heteroatoms. The maximum Gasteiger partial charge on any atom is 0.256 e. The number of halogens is 2. The van der Waals surface area contributed by atoms with Crippen LogP contribution in [0.15, 0.2) is 36.4 Å². The zero-order valence-corrected chi connectivity index (χ0v) is 19.2. The molecule has 0 radical (unpaired) electrons. The summed E-state index contributed by atoms with van der Waals surface area (Å²) in [5, 5.41) is 8.14. The van der Waals surface area contributed by atoms with Crippen molar-refractivity contribution in [3.63, 3.8) is 0 Å². The molecule has 0 unspecified atom stereocenters. The number of hydrogen-bond donors (Lipinski definition) is 1. The number of aryl methyl sites for hydroxylation is 1. The molecule has 0 saturated carbocycles. The summed E-state index contributed by atoms with van der Waals surface area (Å²) in [5.41, 5.74) is 2.48. The van der Waals surface area contributed by atoms with Crippen LogP contribution >= 0.6 is 23.2 Å². The van der Waals surface area contributed by atoms with Crippen molar-refractivity contribution in [3.8, 4) is 17.2 Å². The summed E-state index contributed by atoms with van der Waals surface area (Å²) in [7, 11) is 4.61. The lowest BCUT2D eigenvalue weighted by Crippen LogP contribution is -2.23. The summed E-state index contributed by atoms with van der Waals surface area (Å²) in [5.74, 6) is 1.17. The lowest BCUT2D eigenvalue weighted by atomic mass is 10.1. The lowest BCUT2D eigenvalue weighted by Gasteiger charge is -2.14. The van der Waals surface area contributed by atoms with E-state index in [2.05, 4.69) is 10.4 Å². The lowest BCUT2D eigenvalue weighted by molar-refractivity contribution is 0.0950. The van der Waals surface area contributed by atoms with E-state index in [1.165, 1.54) is 21.3 Å². The molecule has 0 spiro atoms. The molecule has 0 saturated heterocycles. The molecule has 0 bridgehead atoms. The van der Waals surface area contributed by atoms with Gasteiger partial charge in [-0.05, 0) is 36.2 Å². The van der Waals surface area contributed by atoms with Gasteiger partial charge in [-0.2, -0.15) is 5.10 Å². The van der Waals surface area contributed by atoms with Crippen molar-refractivity contribution < 1.29 is 19.0 Å². The van der Waals surface area contributed by atoms with Crippen LogP contribution in [0.4, 0.5) is 0 Å². The predicted molar refractivity (Wildman–Crippen MR) is 120 cm³/mol. The third-order valence-electron chi connectivity index (χ3n) is 4.75.